The van der Waals surface area contributed by atoms with Crippen molar-refractivity contribution in [2.24, 2.45) is 17.6 Å². The van der Waals surface area contributed by atoms with Crippen molar-refractivity contribution >= 4 is 0 Å². The summed E-state index contributed by atoms with van der Waals surface area (Å²) in [5, 5.41) is 0. The maximum Gasteiger partial charge on any atom is 0.0358 e. The molecule has 2 aliphatic rings. The van der Waals surface area contributed by atoms with Crippen LogP contribution in [0.3, 0.4) is 0 Å². The summed E-state index contributed by atoms with van der Waals surface area (Å²) in [6, 6.07) is 0.707. The van der Waals surface area contributed by atoms with Crippen molar-refractivity contribution in [1.82, 2.24) is 9.80 Å². The first-order chi connectivity index (χ1) is 9.47. The third-order valence-corrected chi connectivity index (χ3v) is 5.54. The zero-order valence-electron chi connectivity index (χ0n) is 14.1. The lowest BCUT2D eigenvalue weighted by Crippen LogP contribution is -2.63. The molecule has 0 aromatic heterocycles. The Morgan fingerprint density at radius 1 is 1.15 bits per heavy atom. The zero-order valence-corrected chi connectivity index (χ0v) is 14.1. The normalized spacial score (nSPS) is 32.7. The van der Waals surface area contributed by atoms with Gasteiger partial charge < -0.3 is 10.6 Å². The number of nitrogens with zero attached hydrogens (tertiary/aromatic N) is 2. The zero-order chi connectivity index (χ0) is 14.8. The highest BCUT2D eigenvalue weighted by Gasteiger charge is 2.42. The molecule has 0 aromatic rings. The van der Waals surface area contributed by atoms with Gasteiger partial charge in [0.25, 0.3) is 0 Å². The standard InChI is InChI=1S/C17H35N3/c1-14(2)12-19-9-6-17(13-18,7-10-19)20-8-5-15(3)11-16(20)4/h14-16H,5-13,18H2,1-4H3. The Morgan fingerprint density at radius 2 is 1.80 bits per heavy atom. The summed E-state index contributed by atoms with van der Waals surface area (Å²) in [7, 11) is 0. The second-order valence-electron chi connectivity index (χ2n) is 7.79. The van der Waals surface area contributed by atoms with Crippen molar-refractivity contribution in [3.8, 4) is 0 Å². The summed E-state index contributed by atoms with van der Waals surface area (Å²) in [6.07, 6.45) is 5.21. The van der Waals surface area contributed by atoms with Gasteiger partial charge in [-0.05, 0) is 64.1 Å². The maximum absolute atomic E-state index is 6.25. The minimum atomic E-state index is 0.285. The third-order valence-electron chi connectivity index (χ3n) is 5.54. The summed E-state index contributed by atoms with van der Waals surface area (Å²) < 4.78 is 0. The van der Waals surface area contributed by atoms with Crippen molar-refractivity contribution in [2.75, 3.05) is 32.7 Å². The van der Waals surface area contributed by atoms with E-state index in [-0.39, 0.29) is 5.54 Å². The molecule has 118 valence electrons. The Balaban J connectivity index is 1.97. The van der Waals surface area contributed by atoms with Crippen LogP contribution in [-0.2, 0) is 0 Å². The van der Waals surface area contributed by atoms with Gasteiger partial charge in [0, 0.05) is 24.7 Å². The highest BCUT2D eigenvalue weighted by atomic mass is 15.3. The van der Waals surface area contributed by atoms with Crippen LogP contribution < -0.4 is 5.73 Å². The largest absolute Gasteiger partial charge is 0.329 e. The molecule has 0 saturated carbocycles. The highest BCUT2D eigenvalue weighted by molar-refractivity contribution is 4.99. The van der Waals surface area contributed by atoms with Gasteiger partial charge in [-0.2, -0.15) is 0 Å². The number of likely N-dealkylation sites (tertiary alicyclic amines) is 2. The first-order valence-electron chi connectivity index (χ1n) is 8.66. The van der Waals surface area contributed by atoms with Crippen LogP contribution in [0.15, 0.2) is 0 Å². The van der Waals surface area contributed by atoms with E-state index in [0.717, 1.165) is 18.4 Å². The first-order valence-corrected chi connectivity index (χ1v) is 8.66. The van der Waals surface area contributed by atoms with E-state index < -0.39 is 0 Å². The Bertz CT molecular complexity index is 295. The second kappa shape index (κ2) is 6.76. The summed E-state index contributed by atoms with van der Waals surface area (Å²) in [5.41, 5.74) is 6.54. The van der Waals surface area contributed by atoms with Crippen molar-refractivity contribution in [1.29, 1.82) is 0 Å². The molecule has 3 nitrogen and oxygen atoms in total. The van der Waals surface area contributed by atoms with Gasteiger partial charge in [-0.25, -0.2) is 0 Å². The van der Waals surface area contributed by atoms with E-state index in [4.69, 9.17) is 5.73 Å². The molecular weight excluding hydrogens is 246 g/mol. The molecule has 0 amide bonds. The fraction of sp³-hybridized carbons (Fsp3) is 1.00. The molecule has 2 heterocycles. The van der Waals surface area contributed by atoms with E-state index in [1.807, 2.05) is 0 Å². The van der Waals surface area contributed by atoms with Gasteiger partial charge in [0.2, 0.25) is 0 Å². The van der Waals surface area contributed by atoms with Gasteiger partial charge in [0.05, 0.1) is 0 Å². The van der Waals surface area contributed by atoms with Crippen LogP contribution in [0, 0.1) is 11.8 Å². The molecular formula is C17H35N3. The molecule has 0 radical (unpaired) electrons. The Morgan fingerprint density at radius 3 is 2.30 bits per heavy atom. The van der Waals surface area contributed by atoms with Crippen LogP contribution in [0.25, 0.3) is 0 Å². The number of rotatable bonds is 4. The van der Waals surface area contributed by atoms with Crippen molar-refractivity contribution in [3.05, 3.63) is 0 Å². The molecule has 0 bridgehead atoms. The Kier molecular flexibility index (Phi) is 5.49. The van der Waals surface area contributed by atoms with Crippen LogP contribution >= 0.6 is 0 Å². The molecule has 2 N–H and O–H groups in total. The first kappa shape index (κ1) is 16.3. The third kappa shape index (κ3) is 3.55. The lowest BCUT2D eigenvalue weighted by Gasteiger charge is -2.53. The van der Waals surface area contributed by atoms with Gasteiger partial charge in [0.1, 0.15) is 0 Å². The Labute approximate surface area is 125 Å². The van der Waals surface area contributed by atoms with Crippen molar-refractivity contribution < 1.29 is 0 Å². The van der Waals surface area contributed by atoms with Gasteiger partial charge in [-0.1, -0.05) is 20.8 Å². The van der Waals surface area contributed by atoms with E-state index in [9.17, 15) is 0 Å². The molecule has 2 aliphatic heterocycles. The quantitative estimate of drug-likeness (QED) is 0.859. The van der Waals surface area contributed by atoms with E-state index in [2.05, 4.69) is 37.5 Å². The summed E-state index contributed by atoms with van der Waals surface area (Å²) in [4.78, 5) is 5.40. The molecule has 2 unspecified atom stereocenters. The van der Waals surface area contributed by atoms with Crippen molar-refractivity contribution in [3.63, 3.8) is 0 Å². The molecule has 2 saturated heterocycles. The second-order valence-corrected chi connectivity index (χ2v) is 7.79. The summed E-state index contributed by atoms with van der Waals surface area (Å²) >= 11 is 0. The van der Waals surface area contributed by atoms with Gasteiger partial charge in [-0.15, -0.1) is 0 Å². The smallest absolute Gasteiger partial charge is 0.0358 e. The molecule has 3 heteroatoms. The van der Waals surface area contributed by atoms with Crippen LogP contribution in [0.1, 0.15) is 53.4 Å². The van der Waals surface area contributed by atoms with E-state index in [0.29, 0.717) is 6.04 Å². The topological polar surface area (TPSA) is 32.5 Å². The SMILES string of the molecule is CC(C)CN1CCC(CN)(N2CCC(C)CC2C)CC1. The minimum Gasteiger partial charge on any atom is -0.329 e. The summed E-state index contributed by atoms with van der Waals surface area (Å²) in [6.45, 7) is 15.2. The summed E-state index contributed by atoms with van der Waals surface area (Å²) in [5.74, 6) is 1.66. The van der Waals surface area contributed by atoms with Crippen LogP contribution in [-0.4, -0.2) is 54.1 Å². The predicted octanol–water partition coefficient (Wildman–Crippen LogP) is 2.56. The van der Waals surface area contributed by atoms with E-state index in [1.165, 1.54) is 51.9 Å². The fourth-order valence-corrected chi connectivity index (χ4v) is 4.39. The molecule has 20 heavy (non-hydrogen) atoms. The van der Waals surface area contributed by atoms with Gasteiger partial charge in [-0.3, -0.25) is 4.90 Å². The molecule has 0 aliphatic carbocycles. The van der Waals surface area contributed by atoms with E-state index >= 15 is 0 Å². The van der Waals surface area contributed by atoms with Crippen LogP contribution in [0.4, 0.5) is 0 Å². The number of nitrogens with two attached hydrogens (primary N) is 1. The van der Waals surface area contributed by atoms with Gasteiger partial charge in [0.15, 0.2) is 0 Å². The van der Waals surface area contributed by atoms with Gasteiger partial charge >= 0.3 is 0 Å². The average Bonchev–Trinajstić information content (AvgIpc) is 2.40. The van der Waals surface area contributed by atoms with Crippen LogP contribution in [0.5, 0.6) is 0 Å². The molecule has 0 aromatic carbocycles. The average molecular weight is 281 g/mol. The maximum atomic E-state index is 6.25. The van der Waals surface area contributed by atoms with Crippen molar-refractivity contribution in [2.45, 2.75) is 65.0 Å². The molecule has 2 rings (SSSR count). The fourth-order valence-electron chi connectivity index (χ4n) is 4.39. The lowest BCUT2D eigenvalue weighted by molar-refractivity contribution is -0.0262. The number of hydrogen-bond acceptors (Lipinski definition) is 3. The number of hydrogen-bond donors (Lipinski definition) is 1. The monoisotopic (exact) mass is 281 g/mol. The lowest BCUT2D eigenvalue weighted by atomic mass is 9.80. The minimum absolute atomic E-state index is 0.285. The highest BCUT2D eigenvalue weighted by Crippen LogP contribution is 2.35. The predicted molar refractivity (Wildman–Crippen MR) is 86.9 cm³/mol. The number of piperidine rings is 2. The molecule has 2 fully saturated rings. The molecule has 0 spiro atoms. The van der Waals surface area contributed by atoms with Crippen LogP contribution in [0.2, 0.25) is 0 Å². The molecule has 2 atom stereocenters. The Hall–Kier alpha value is -0.120. The van der Waals surface area contributed by atoms with E-state index in [1.54, 1.807) is 0 Å².